The number of anilines is 2. The van der Waals surface area contributed by atoms with Gasteiger partial charge in [0.05, 0.1) is 10.6 Å². The van der Waals surface area contributed by atoms with Crippen molar-refractivity contribution in [3.05, 3.63) is 54.1 Å². The number of fused-ring (bicyclic) bond motifs is 1. The number of nitrogens with zero attached hydrogens (tertiary/aromatic N) is 1. The zero-order valence-corrected chi connectivity index (χ0v) is 15.2. The summed E-state index contributed by atoms with van der Waals surface area (Å²) in [7, 11) is -3.65. The molecular formula is C19H22N2O3S. The van der Waals surface area contributed by atoms with Gasteiger partial charge in [-0.05, 0) is 42.7 Å². The van der Waals surface area contributed by atoms with Crippen LogP contribution in [0.5, 0.6) is 0 Å². The van der Waals surface area contributed by atoms with E-state index in [0.717, 1.165) is 24.1 Å². The van der Waals surface area contributed by atoms with E-state index in [4.69, 9.17) is 0 Å². The average molecular weight is 358 g/mol. The molecule has 0 spiro atoms. The van der Waals surface area contributed by atoms with Crippen molar-refractivity contribution >= 4 is 27.3 Å². The highest BCUT2D eigenvalue weighted by atomic mass is 32.2. The first-order valence-corrected chi connectivity index (χ1v) is 9.89. The molecule has 0 aliphatic carbocycles. The van der Waals surface area contributed by atoms with Crippen LogP contribution in [-0.2, 0) is 21.2 Å². The van der Waals surface area contributed by atoms with Gasteiger partial charge in [0.15, 0.2) is 0 Å². The molecule has 132 valence electrons. The van der Waals surface area contributed by atoms with E-state index in [1.807, 2.05) is 19.9 Å². The van der Waals surface area contributed by atoms with Gasteiger partial charge in [0.2, 0.25) is 5.91 Å². The third-order valence-electron chi connectivity index (χ3n) is 4.27. The molecule has 1 amide bonds. The van der Waals surface area contributed by atoms with Gasteiger partial charge in [0, 0.05) is 18.2 Å². The first-order valence-electron chi connectivity index (χ1n) is 8.40. The quantitative estimate of drug-likeness (QED) is 0.911. The second-order valence-corrected chi connectivity index (χ2v) is 8.19. The van der Waals surface area contributed by atoms with Crippen molar-refractivity contribution < 1.29 is 13.2 Å². The van der Waals surface area contributed by atoms with Crippen LogP contribution in [0.4, 0.5) is 11.4 Å². The van der Waals surface area contributed by atoms with Crippen molar-refractivity contribution in [3.8, 4) is 0 Å². The Morgan fingerprint density at radius 1 is 1.12 bits per heavy atom. The van der Waals surface area contributed by atoms with Crippen molar-refractivity contribution in [3.63, 3.8) is 0 Å². The number of amides is 1. The van der Waals surface area contributed by atoms with E-state index in [-0.39, 0.29) is 16.7 Å². The second kappa shape index (κ2) is 6.88. The number of aryl methyl sites for hydroxylation is 1. The van der Waals surface area contributed by atoms with Gasteiger partial charge in [-0.1, -0.05) is 38.1 Å². The topological polar surface area (TPSA) is 66.5 Å². The van der Waals surface area contributed by atoms with Crippen molar-refractivity contribution in [2.45, 2.75) is 31.6 Å². The molecule has 0 radical (unpaired) electrons. The van der Waals surface area contributed by atoms with Crippen molar-refractivity contribution in [2.75, 3.05) is 16.2 Å². The standard InChI is InChI=1S/C19H22N2O3S/c1-14(2)19(22)21-12-6-7-15-10-11-16(13-18(15)21)20-25(23,24)17-8-4-3-5-9-17/h3-5,8-11,13-14,20H,6-7,12H2,1-2H3. The summed E-state index contributed by atoms with van der Waals surface area (Å²) in [4.78, 5) is 14.4. The molecule has 2 aromatic carbocycles. The lowest BCUT2D eigenvalue weighted by Crippen LogP contribution is -2.38. The Kier molecular flexibility index (Phi) is 4.81. The van der Waals surface area contributed by atoms with Crippen molar-refractivity contribution in [1.82, 2.24) is 0 Å². The SMILES string of the molecule is CC(C)C(=O)N1CCCc2ccc(NS(=O)(=O)c3ccccc3)cc21. The molecule has 1 N–H and O–H groups in total. The highest BCUT2D eigenvalue weighted by Crippen LogP contribution is 2.31. The summed E-state index contributed by atoms with van der Waals surface area (Å²) >= 11 is 0. The number of hydrogen-bond acceptors (Lipinski definition) is 3. The van der Waals surface area contributed by atoms with E-state index in [2.05, 4.69) is 4.72 Å². The van der Waals surface area contributed by atoms with Crippen LogP contribution >= 0.6 is 0 Å². The van der Waals surface area contributed by atoms with Gasteiger partial charge in [0.25, 0.3) is 10.0 Å². The molecule has 5 nitrogen and oxygen atoms in total. The molecule has 1 heterocycles. The monoisotopic (exact) mass is 358 g/mol. The van der Waals surface area contributed by atoms with Crippen LogP contribution in [-0.4, -0.2) is 20.9 Å². The normalized spacial score (nSPS) is 14.3. The minimum atomic E-state index is -3.65. The maximum absolute atomic E-state index is 12.5. The third-order valence-corrected chi connectivity index (χ3v) is 5.67. The molecule has 0 aromatic heterocycles. The van der Waals surface area contributed by atoms with Crippen molar-refractivity contribution in [2.24, 2.45) is 5.92 Å². The Morgan fingerprint density at radius 3 is 2.52 bits per heavy atom. The Balaban J connectivity index is 1.93. The van der Waals surface area contributed by atoms with Gasteiger partial charge in [0.1, 0.15) is 0 Å². The molecule has 0 atom stereocenters. The third kappa shape index (κ3) is 3.69. The van der Waals surface area contributed by atoms with Gasteiger partial charge in [-0.3, -0.25) is 9.52 Å². The highest BCUT2D eigenvalue weighted by Gasteiger charge is 2.25. The smallest absolute Gasteiger partial charge is 0.261 e. The number of rotatable bonds is 4. The molecule has 25 heavy (non-hydrogen) atoms. The molecule has 2 aromatic rings. The predicted octanol–water partition coefficient (Wildman–Crippen LogP) is 3.42. The minimum absolute atomic E-state index is 0.0593. The Bertz CT molecular complexity index is 877. The summed E-state index contributed by atoms with van der Waals surface area (Å²) in [6.45, 7) is 4.41. The lowest BCUT2D eigenvalue weighted by atomic mass is 9.99. The number of nitrogens with one attached hydrogen (secondary N) is 1. The van der Waals surface area contributed by atoms with E-state index in [0.29, 0.717) is 12.2 Å². The molecule has 0 bridgehead atoms. The Labute approximate surface area is 148 Å². The average Bonchev–Trinajstić information content (AvgIpc) is 2.61. The Hall–Kier alpha value is -2.34. The Morgan fingerprint density at radius 2 is 1.84 bits per heavy atom. The van der Waals surface area contributed by atoms with E-state index < -0.39 is 10.0 Å². The van der Waals surface area contributed by atoms with E-state index >= 15 is 0 Å². The summed E-state index contributed by atoms with van der Waals surface area (Å²) in [6, 6.07) is 13.7. The maximum atomic E-state index is 12.5. The fraction of sp³-hybridized carbons (Fsp3) is 0.316. The van der Waals surface area contributed by atoms with Crippen LogP contribution in [0, 0.1) is 5.92 Å². The minimum Gasteiger partial charge on any atom is -0.312 e. The zero-order valence-electron chi connectivity index (χ0n) is 14.4. The van der Waals surface area contributed by atoms with Crippen LogP contribution in [0.15, 0.2) is 53.4 Å². The number of sulfonamides is 1. The van der Waals surface area contributed by atoms with E-state index in [9.17, 15) is 13.2 Å². The van der Waals surface area contributed by atoms with Crippen LogP contribution in [0.2, 0.25) is 0 Å². The number of carbonyl (C=O) groups is 1. The zero-order chi connectivity index (χ0) is 18.0. The first kappa shape index (κ1) is 17.5. The van der Waals surface area contributed by atoms with Crippen LogP contribution in [0.3, 0.4) is 0 Å². The lowest BCUT2D eigenvalue weighted by molar-refractivity contribution is -0.121. The number of benzene rings is 2. The van der Waals surface area contributed by atoms with Crippen LogP contribution in [0.25, 0.3) is 0 Å². The van der Waals surface area contributed by atoms with E-state index in [1.54, 1.807) is 47.4 Å². The van der Waals surface area contributed by atoms with Crippen LogP contribution in [0.1, 0.15) is 25.8 Å². The molecule has 6 heteroatoms. The molecule has 0 saturated heterocycles. The summed E-state index contributed by atoms with van der Waals surface area (Å²) in [6.07, 6.45) is 1.81. The maximum Gasteiger partial charge on any atom is 0.261 e. The highest BCUT2D eigenvalue weighted by molar-refractivity contribution is 7.92. The van der Waals surface area contributed by atoms with Gasteiger partial charge >= 0.3 is 0 Å². The summed E-state index contributed by atoms with van der Waals surface area (Å²) in [5.74, 6) is -0.0420. The van der Waals surface area contributed by atoms with E-state index in [1.165, 1.54) is 0 Å². The van der Waals surface area contributed by atoms with Gasteiger partial charge in [-0.2, -0.15) is 0 Å². The summed E-state index contributed by atoms with van der Waals surface area (Å²) < 4.78 is 27.6. The van der Waals surface area contributed by atoms with Gasteiger partial charge in [-0.15, -0.1) is 0 Å². The summed E-state index contributed by atoms with van der Waals surface area (Å²) in [5, 5.41) is 0. The lowest BCUT2D eigenvalue weighted by Gasteiger charge is -2.31. The predicted molar refractivity (Wildman–Crippen MR) is 99.2 cm³/mol. The first-order chi connectivity index (χ1) is 11.9. The van der Waals surface area contributed by atoms with Gasteiger partial charge < -0.3 is 4.90 Å². The molecule has 0 saturated carbocycles. The molecule has 1 aliphatic rings. The molecule has 0 fully saturated rings. The fourth-order valence-corrected chi connectivity index (χ4v) is 4.06. The summed E-state index contributed by atoms with van der Waals surface area (Å²) in [5.41, 5.74) is 2.34. The largest absolute Gasteiger partial charge is 0.312 e. The molecule has 1 aliphatic heterocycles. The fourth-order valence-electron chi connectivity index (χ4n) is 2.99. The number of hydrogen-bond donors (Lipinski definition) is 1. The van der Waals surface area contributed by atoms with Crippen molar-refractivity contribution in [1.29, 1.82) is 0 Å². The second-order valence-electron chi connectivity index (χ2n) is 6.51. The van der Waals surface area contributed by atoms with Crippen LogP contribution < -0.4 is 9.62 Å². The molecule has 0 unspecified atom stereocenters. The molecular weight excluding hydrogens is 336 g/mol. The number of carbonyl (C=O) groups excluding carboxylic acids is 1. The van der Waals surface area contributed by atoms with Gasteiger partial charge in [-0.25, -0.2) is 8.42 Å². The molecule has 3 rings (SSSR count).